The van der Waals surface area contributed by atoms with Gasteiger partial charge in [0.25, 0.3) is 0 Å². The van der Waals surface area contributed by atoms with Crippen LogP contribution in [0.3, 0.4) is 0 Å². The fraction of sp³-hybridized carbons (Fsp3) is 0.375. The second-order valence-corrected chi connectivity index (χ2v) is 2.79. The summed E-state index contributed by atoms with van der Waals surface area (Å²) < 4.78 is 5.11. The number of fused-ring (bicyclic) bond motifs is 1. The Morgan fingerprint density at radius 1 is 1.67 bits per heavy atom. The lowest BCUT2D eigenvalue weighted by Gasteiger charge is -2.09. The van der Waals surface area contributed by atoms with Crippen LogP contribution < -0.4 is 5.32 Å². The van der Waals surface area contributed by atoms with E-state index >= 15 is 0 Å². The monoisotopic (exact) mass is 167 g/mol. The van der Waals surface area contributed by atoms with Crippen molar-refractivity contribution < 1.29 is 14.3 Å². The number of aromatic carboxylic acids is 1. The van der Waals surface area contributed by atoms with E-state index in [4.69, 9.17) is 9.52 Å². The van der Waals surface area contributed by atoms with Gasteiger partial charge in [0, 0.05) is 0 Å². The van der Waals surface area contributed by atoms with Gasteiger partial charge in [-0.3, -0.25) is 0 Å². The quantitative estimate of drug-likeness (QED) is 0.643. The zero-order chi connectivity index (χ0) is 8.55. The van der Waals surface area contributed by atoms with E-state index in [9.17, 15) is 4.79 Å². The lowest BCUT2D eigenvalue weighted by molar-refractivity contribution is 0.0660. The second-order valence-electron chi connectivity index (χ2n) is 2.79. The summed E-state index contributed by atoms with van der Waals surface area (Å²) in [6.45, 7) is 1.54. The van der Waals surface area contributed by atoms with E-state index in [-0.39, 0.29) is 5.76 Å². The van der Waals surface area contributed by atoms with Crippen LogP contribution in [0.4, 0.5) is 0 Å². The van der Waals surface area contributed by atoms with Gasteiger partial charge in [0.05, 0.1) is 6.54 Å². The molecule has 0 aliphatic carbocycles. The van der Waals surface area contributed by atoms with Gasteiger partial charge in [-0.25, -0.2) is 4.79 Å². The molecular formula is C8H9NO3. The summed E-state index contributed by atoms with van der Waals surface area (Å²) in [6, 6.07) is 1.61. The third-order valence-corrected chi connectivity index (χ3v) is 1.96. The van der Waals surface area contributed by atoms with Crippen molar-refractivity contribution in [2.24, 2.45) is 0 Å². The summed E-state index contributed by atoms with van der Waals surface area (Å²) in [5.41, 5.74) is 1.02. The number of carboxylic acid groups (broad SMARTS) is 1. The molecule has 12 heavy (non-hydrogen) atoms. The van der Waals surface area contributed by atoms with Crippen molar-refractivity contribution in [3.05, 3.63) is 23.2 Å². The molecule has 0 fully saturated rings. The minimum atomic E-state index is -0.996. The van der Waals surface area contributed by atoms with Gasteiger partial charge < -0.3 is 14.8 Å². The van der Waals surface area contributed by atoms with Gasteiger partial charge >= 0.3 is 5.97 Å². The first-order chi connectivity index (χ1) is 5.77. The number of rotatable bonds is 1. The lowest BCUT2D eigenvalue weighted by Crippen LogP contribution is -2.22. The van der Waals surface area contributed by atoms with Crippen LogP contribution in [0.1, 0.15) is 21.9 Å². The maximum Gasteiger partial charge on any atom is 0.371 e. The Kier molecular flexibility index (Phi) is 1.62. The Hall–Kier alpha value is -1.29. The summed E-state index contributed by atoms with van der Waals surface area (Å²) in [7, 11) is 0. The highest BCUT2D eigenvalue weighted by Gasteiger charge is 2.17. The average molecular weight is 167 g/mol. The molecule has 0 radical (unpaired) electrons. The zero-order valence-electron chi connectivity index (χ0n) is 6.46. The first kappa shape index (κ1) is 7.36. The largest absolute Gasteiger partial charge is 0.475 e. The molecule has 0 unspecified atom stereocenters. The molecule has 1 aliphatic heterocycles. The van der Waals surface area contributed by atoms with E-state index in [1.54, 1.807) is 6.07 Å². The van der Waals surface area contributed by atoms with Crippen LogP contribution in [0.15, 0.2) is 10.5 Å². The topological polar surface area (TPSA) is 62.5 Å². The predicted molar refractivity (Wildman–Crippen MR) is 41.1 cm³/mol. The molecule has 2 rings (SSSR count). The fourth-order valence-corrected chi connectivity index (χ4v) is 1.36. The summed E-state index contributed by atoms with van der Waals surface area (Å²) in [4.78, 5) is 10.5. The number of carboxylic acids is 1. The normalized spacial score (nSPS) is 15.7. The molecule has 0 saturated heterocycles. The Bertz CT molecular complexity index is 293. The first-order valence-corrected chi connectivity index (χ1v) is 3.83. The van der Waals surface area contributed by atoms with Crippen molar-refractivity contribution in [2.75, 3.05) is 6.54 Å². The van der Waals surface area contributed by atoms with Crippen molar-refractivity contribution >= 4 is 5.97 Å². The van der Waals surface area contributed by atoms with Gasteiger partial charge in [-0.1, -0.05) is 0 Å². The number of nitrogens with one attached hydrogen (secondary N) is 1. The molecule has 0 bridgehead atoms. The lowest BCUT2D eigenvalue weighted by atomic mass is 10.1. The van der Waals surface area contributed by atoms with E-state index in [1.807, 2.05) is 0 Å². The number of hydrogen-bond donors (Lipinski definition) is 2. The molecule has 1 aliphatic rings. The smallest absolute Gasteiger partial charge is 0.371 e. The summed E-state index contributed by atoms with van der Waals surface area (Å²) in [5, 5.41) is 11.7. The molecular weight excluding hydrogens is 158 g/mol. The van der Waals surface area contributed by atoms with Crippen molar-refractivity contribution in [1.82, 2.24) is 5.32 Å². The molecule has 0 spiro atoms. The minimum Gasteiger partial charge on any atom is -0.475 e. The van der Waals surface area contributed by atoms with Crippen LogP contribution in [0, 0.1) is 0 Å². The molecule has 1 aromatic heterocycles. The molecule has 4 heteroatoms. The van der Waals surface area contributed by atoms with Crippen molar-refractivity contribution in [2.45, 2.75) is 13.0 Å². The molecule has 1 aromatic rings. The summed E-state index contributed by atoms with van der Waals surface area (Å²) in [6.07, 6.45) is 0.853. The maximum atomic E-state index is 10.5. The molecule has 64 valence electrons. The van der Waals surface area contributed by atoms with Gasteiger partial charge in [-0.2, -0.15) is 0 Å². The van der Waals surface area contributed by atoms with Gasteiger partial charge in [0.1, 0.15) is 5.76 Å². The predicted octanol–water partition coefficient (Wildman–Crippen LogP) is 0.624. The fourth-order valence-electron chi connectivity index (χ4n) is 1.36. The number of furan rings is 1. The highest BCUT2D eigenvalue weighted by Crippen LogP contribution is 2.18. The third-order valence-electron chi connectivity index (χ3n) is 1.96. The average Bonchev–Trinajstić information content (AvgIpc) is 2.46. The van der Waals surface area contributed by atoms with E-state index in [2.05, 4.69) is 5.32 Å². The summed E-state index contributed by atoms with van der Waals surface area (Å²) >= 11 is 0. The Morgan fingerprint density at radius 2 is 2.50 bits per heavy atom. The van der Waals surface area contributed by atoms with Crippen LogP contribution in [-0.2, 0) is 13.0 Å². The maximum absolute atomic E-state index is 10.5. The van der Waals surface area contributed by atoms with Crippen LogP contribution >= 0.6 is 0 Å². The number of hydrogen-bond acceptors (Lipinski definition) is 3. The molecule has 0 aromatic carbocycles. The zero-order valence-corrected chi connectivity index (χ0v) is 6.46. The third kappa shape index (κ3) is 1.10. The van der Waals surface area contributed by atoms with Crippen LogP contribution in [0.25, 0.3) is 0 Å². The van der Waals surface area contributed by atoms with Crippen LogP contribution in [-0.4, -0.2) is 17.6 Å². The molecule has 2 heterocycles. The standard InChI is InChI=1S/C8H9NO3/c10-8(11)6-3-5-1-2-9-4-7(5)12-6/h3,9H,1-2,4H2,(H,10,11). The minimum absolute atomic E-state index is 0.0451. The van der Waals surface area contributed by atoms with Gasteiger partial charge in [-0.05, 0) is 24.6 Å². The van der Waals surface area contributed by atoms with Crippen molar-refractivity contribution in [3.8, 4) is 0 Å². The molecule has 0 atom stereocenters. The van der Waals surface area contributed by atoms with Crippen molar-refractivity contribution in [3.63, 3.8) is 0 Å². The highest BCUT2D eigenvalue weighted by molar-refractivity contribution is 5.84. The Morgan fingerprint density at radius 3 is 3.17 bits per heavy atom. The van der Waals surface area contributed by atoms with E-state index in [0.29, 0.717) is 6.54 Å². The first-order valence-electron chi connectivity index (χ1n) is 3.83. The highest BCUT2D eigenvalue weighted by atomic mass is 16.4. The summed E-state index contributed by atoms with van der Waals surface area (Å²) in [5.74, 6) is -0.188. The van der Waals surface area contributed by atoms with Gasteiger partial charge in [0.2, 0.25) is 5.76 Å². The molecule has 4 nitrogen and oxygen atoms in total. The Balaban J connectivity index is 2.38. The van der Waals surface area contributed by atoms with E-state index in [1.165, 1.54) is 0 Å². The molecule has 2 N–H and O–H groups in total. The van der Waals surface area contributed by atoms with Crippen LogP contribution in [0.5, 0.6) is 0 Å². The van der Waals surface area contributed by atoms with E-state index < -0.39 is 5.97 Å². The van der Waals surface area contributed by atoms with E-state index in [0.717, 1.165) is 24.3 Å². The van der Waals surface area contributed by atoms with Gasteiger partial charge in [0.15, 0.2) is 0 Å². The molecule has 0 saturated carbocycles. The Labute approximate surface area is 69.2 Å². The van der Waals surface area contributed by atoms with Gasteiger partial charge in [-0.15, -0.1) is 0 Å². The molecule has 0 amide bonds. The second kappa shape index (κ2) is 2.64. The SMILES string of the molecule is O=C(O)c1cc2c(o1)CNCC2. The van der Waals surface area contributed by atoms with Crippen LogP contribution in [0.2, 0.25) is 0 Å². The number of carbonyl (C=O) groups is 1. The van der Waals surface area contributed by atoms with Crippen molar-refractivity contribution in [1.29, 1.82) is 0 Å².